The van der Waals surface area contributed by atoms with Gasteiger partial charge in [-0.05, 0) is 12.1 Å². The minimum Gasteiger partial charge on any atom is -0.377 e. The lowest BCUT2D eigenvalue weighted by molar-refractivity contribution is -0.159. The molecular formula is C20H19F3N4O4S. The second-order valence-corrected chi connectivity index (χ2v) is 9.06. The fourth-order valence-electron chi connectivity index (χ4n) is 2.85. The lowest BCUT2D eigenvalue weighted by atomic mass is 10.1. The molecule has 3 rings (SSSR count). The van der Waals surface area contributed by atoms with Gasteiger partial charge in [0.05, 0.1) is 12.2 Å². The van der Waals surface area contributed by atoms with Crippen molar-refractivity contribution < 1.29 is 30.9 Å². The van der Waals surface area contributed by atoms with E-state index in [9.17, 15) is 26.4 Å². The van der Waals surface area contributed by atoms with Gasteiger partial charge in [0.2, 0.25) is 15.8 Å². The number of sulfonamides is 1. The predicted molar refractivity (Wildman–Crippen MR) is 110 cm³/mol. The smallest absolute Gasteiger partial charge is 0.377 e. The van der Waals surface area contributed by atoms with E-state index in [2.05, 4.69) is 14.7 Å². The summed E-state index contributed by atoms with van der Waals surface area (Å²) >= 11 is 0. The van der Waals surface area contributed by atoms with Crippen molar-refractivity contribution in [2.45, 2.75) is 11.1 Å². The van der Waals surface area contributed by atoms with Crippen molar-refractivity contribution in [1.29, 1.82) is 0 Å². The van der Waals surface area contributed by atoms with Crippen LogP contribution in [0.5, 0.6) is 0 Å². The minimum absolute atomic E-state index is 0.0632. The minimum atomic E-state index is -4.76. The molecule has 1 heterocycles. The fourth-order valence-corrected chi connectivity index (χ4v) is 4.24. The molecule has 1 aromatic heterocycles. The Hall–Kier alpha value is -3.25. The number of halogens is 3. The van der Waals surface area contributed by atoms with Gasteiger partial charge in [0.15, 0.2) is 5.78 Å². The van der Waals surface area contributed by atoms with Crippen LogP contribution in [-0.2, 0) is 16.2 Å². The van der Waals surface area contributed by atoms with Gasteiger partial charge in [-0.15, -0.1) is 0 Å². The van der Waals surface area contributed by atoms with E-state index in [0.717, 1.165) is 4.31 Å². The summed E-state index contributed by atoms with van der Waals surface area (Å²) in [6.45, 7) is -0.427. The molecule has 0 saturated carbocycles. The maximum atomic E-state index is 13.0. The summed E-state index contributed by atoms with van der Waals surface area (Å²) in [5.74, 6) is -2.25. The van der Waals surface area contributed by atoms with Gasteiger partial charge in [-0.25, -0.2) is 8.42 Å². The Bertz CT molecular complexity index is 1220. The number of rotatable bonds is 7. The number of ketones is 1. The molecular weight excluding hydrogens is 449 g/mol. The molecule has 0 aliphatic carbocycles. The number of hydrogen-bond donors (Lipinski definition) is 0. The van der Waals surface area contributed by atoms with E-state index >= 15 is 0 Å². The molecule has 0 spiro atoms. The summed E-state index contributed by atoms with van der Waals surface area (Å²) in [7, 11) is 0.771. The molecule has 0 amide bonds. The first-order valence-corrected chi connectivity index (χ1v) is 10.6. The van der Waals surface area contributed by atoms with Gasteiger partial charge in [-0.2, -0.15) is 22.5 Å². The van der Waals surface area contributed by atoms with E-state index in [-0.39, 0.29) is 21.8 Å². The number of alkyl halides is 3. The van der Waals surface area contributed by atoms with Gasteiger partial charge in [-0.3, -0.25) is 4.79 Å². The Morgan fingerprint density at radius 3 is 2.22 bits per heavy atom. The molecule has 0 radical (unpaired) electrons. The van der Waals surface area contributed by atoms with Crippen molar-refractivity contribution in [3.63, 3.8) is 0 Å². The van der Waals surface area contributed by atoms with Crippen molar-refractivity contribution in [2.75, 3.05) is 32.6 Å². The van der Waals surface area contributed by atoms with Crippen LogP contribution in [0.3, 0.4) is 0 Å². The first kappa shape index (κ1) is 23.4. The van der Waals surface area contributed by atoms with E-state index < -0.39 is 34.4 Å². The third kappa shape index (κ3) is 4.81. The van der Waals surface area contributed by atoms with Gasteiger partial charge in [-0.1, -0.05) is 41.6 Å². The lowest BCUT2D eigenvalue weighted by Gasteiger charge is -2.21. The zero-order chi connectivity index (χ0) is 23.7. The van der Waals surface area contributed by atoms with Crippen LogP contribution in [-0.4, -0.2) is 56.3 Å². The van der Waals surface area contributed by atoms with Gasteiger partial charge in [0.1, 0.15) is 4.90 Å². The lowest BCUT2D eigenvalue weighted by Crippen LogP contribution is -2.33. The number of Topliss-reactive ketones (excluding diaryl/α,β-unsaturated/α-hetero) is 1. The van der Waals surface area contributed by atoms with E-state index in [1.807, 2.05) is 0 Å². The number of aromatic nitrogens is 2. The Balaban J connectivity index is 1.77. The van der Waals surface area contributed by atoms with Crippen LogP contribution in [0.25, 0.3) is 11.4 Å². The highest BCUT2D eigenvalue weighted by molar-refractivity contribution is 7.89. The van der Waals surface area contributed by atoms with Crippen molar-refractivity contribution in [1.82, 2.24) is 14.4 Å². The van der Waals surface area contributed by atoms with Gasteiger partial charge in [0.25, 0.3) is 0 Å². The molecule has 2 aromatic carbocycles. The van der Waals surface area contributed by atoms with Crippen molar-refractivity contribution in [2.24, 2.45) is 0 Å². The summed E-state index contributed by atoms with van der Waals surface area (Å²) in [5.41, 5.74) is 0.868. The Kier molecular flexibility index (Phi) is 6.37. The van der Waals surface area contributed by atoms with Crippen molar-refractivity contribution >= 4 is 21.5 Å². The summed E-state index contributed by atoms with van der Waals surface area (Å²) in [6, 6.07) is 11.8. The van der Waals surface area contributed by atoms with Gasteiger partial charge in [0, 0.05) is 32.3 Å². The molecule has 0 atom stereocenters. The van der Waals surface area contributed by atoms with Crippen LogP contribution in [0.15, 0.2) is 57.9 Å². The van der Waals surface area contributed by atoms with E-state index in [1.54, 1.807) is 37.2 Å². The second kappa shape index (κ2) is 8.71. The zero-order valence-electron chi connectivity index (χ0n) is 17.3. The predicted octanol–water partition coefficient (Wildman–Crippen LogP) is 3.32. The Morgan fingerprint density at radius 2 is 1.66 bits per heavy atom. The topological polar surface area (TPSA) is 96.6 Å². The van der Waals surface area contributed by atoms with Crippen LogP contribution in [0, 0.1) is 0 Å². The largest absolute Gasteiger partial charge is 0.471 e. The molecule has 170 valence electrons. The number of likely N-dealkylation sites (N-methyl/N-ethyl adjacent to an activating group) is 1. The third-order valence-electron chi connectivity index (χ3n) is 4.54. The second-order valence-electron chi connectivity index (χ2n) is 7.04. The van der Waals surface area contributed by atoms with Crippen LogP contribution in [0.2, 0.25) is 0 Å². The molecule has 0 bridgehead atoms. The molecule has 0 aliphatic rings. The highest BCUT2D eigenvalue weighted by Gasteiger charge is 2.38. The number of para-hydroxylation sites is 1. The number of carbonyl (C=O) groups is 1. The summed E-state index contributed by atoms with van der Waals surface area (Å²) in [5, 5.41) is 3.28. The third-order valence-corrected chi connectivity index (χ3v) is 6.39. The normalized spacial score (nSPS) is 12.2. The van der Waals surface area contributed by atoms with Crippen molar-refractivity contribution in [3.05, 3.63) is 60.0 Å². The van der Waals surface area contributed by atoms with Gasteiger partial charge < -0.3 is 9.42 Å². The summed E-state index contributed by atoms with van der Waals surface area (Å²) < 4.78 is 68.9. The number of nitrogens with zero attached hydrogens (tertiary/aromatic N) is 4. The molecule has 0 fully saturated rings. The molecule has 12 heteroatoms. The number of anilines is 1. The average Bonchev–Trinajstić information content (AvgIpc) is 3.24. The molecule has 0 unspecified atom stereocenters. The van der Waals surface area contributed by atoms with Crippen molar-refractivity contribution in [3.8, 4) is 11.4 Å². The van der Waals surface area contributed by atoms with E-state index in [1.165, 1.54) is 37.4 Å². The standard InChI is InChI=1S/C20H19F3N4O4S/c1-26(2)15-6-4-5-7-17(15)32(29,30)27(3)12-16(28)13-8-10-14(11-9-13)18-24-19(31-25-18)20(21,22)23/h4-11H,12H2,1-3H3. The SMILES string of the molecule is CN(C)c1ccccc1S(=O)(=O)N(C)CC(=O)c1ccc(-c2noc(C(F)(F)F)n2)cc1. The summed E-state index contributed by atoms with van der Waals surface area (Å²) in [6.07, 6.45) is -4.76. The maximum absolute atomic E-state index is 13.0. The van der Waals surface area contributed by atoms with Crippen LogP contribution < -0.4 is 4.90 Å². The summed E-state index contributed by atoms with van der Waals surface area (Å²) in [4.78, 5) is 17.6. The van der Waals surface area contributed by atoms with E-state index in [0.29, 0.717) is 5.69 Å². The van der Waals surface area contributed by atoms with Crippen LogP contribution in [0.4, 0.5) is 18.9 Å². The first-order chi connectivity index (χ1) is 14.9. The highest BCUT2D eigenvalue weighted by atomic mass is 32.2. The molecule has 32 heavy (non-hydrogen) atoms. The monoisotopic (exact) mass is 468 g/mol. The van der Waals surface area contributed by atoms with Gasteiger partial charge >= 0.3 is 12.1 Å². The fraction of sp³-hybridized carbons (Fsp3) is 0.250. The number of hydrogen-bond acceptors (Lipinski definition) is 7. The molecule has 0 saturated heterocycles. The zero-order valence-corrected chi connectivity index (χ0v) is 18.1. The van der Waals surface area contributed by atoms with Crippen LogP contribution in [0.1, 0.15) is 16.2 Å². The molecule has 3 aromatic rings. The number of benzene rings is 2. The Morgan fingerprint density at radius 1 is 1.03 bits per heavy atom. The van der Waals surface area contributed by atoms with Crippen LogP contribution >= 0.6 is 0 Å². The van der Waals surface area contributed by atoms with E-state index in [4.69, 9.17) is 0 Å². The highest BCUT2D eigenvalue weighted by Crippen LogP contribution is 2.29. The maximum Gasteiger partial charge on any atom is 0.471 e. The Labute approximate surface area is 182 Å². The first-order valence-electron chi connectivity index (χ1n) is 9.18. The number of carbonyl (C=O) groups excluding carboxylic acids is 1. The quantitative estimate of drug-likeness (QED) is 0.491. The molecule has 0 aliphatic heterocycles. The average molecular weight is 468 g/mol. The molecule has 8 nitrogen and oxygen atoms in total. The molecule has 0 N–H and O–H groups in total.